The first-order valence-corrected chi connectivity index (χ1v) is 8.32. The first-order chi connectivity index (χ1) is 12.2. The predicted octanol–water partition coefficient (Wildman–Crippen LogP) is 3.32. The van der Waals surface area contributed by atoms with Crippen LogP contribution in [0.4, 0.5) is 5.69 Å². The van der Waals surface area contributed by atoms with Crippen molar-refractivity contribution in [2.24, 2.45) is 0 Å². The van der Waals surface area contributed by atoms with E-state index in [2.05, 4.69) is 5.32 Å². The third kappa shape index (κ3) is 5.55. The zero-order valence-corrected chi connectivity index (χ0v) is 15.2. The number of carbonyl (C=O) groups excluding carboxylic acids is 1. The van der Waals surface area contributed by atoms with Crippen LogP contribution < -0.4 is 5.32 Å². The molecule has 0 bridgehead atoms. The lowest BCUT2D eigenvalue weighted by Gasteiger charge is -2.26. The molecule has 0 amide bonds. The second kappa shape index (κ2) is 9.76. The molecule has 0 spiro atoms. The van der Waals surface area contributed by atoms with Gasteiger partial charge < -0.3 is 19.7 Å². The number of hydrogen-bond acceptors (Lipinski definition) is 4. The first-order valence-electron chi connectivity index (χ1n) is 7.92. The quantitative estimate of drug-likeness (QED) is 0.605. The predicted molar refractivity (Wildman–Crippen MR) is 103 cm³/mol. The molecular formula is C19H22N2O3S. The molecule has 2 aromatic carbocycles. The Kier molecular flexibility index (Phi) is 7.37. The van der Waals surface area contributed by atoms with Crippen LogP contribution in [0, 0.1) is 0 Å². The van der Waals surface area contributed by atoms with Crippen LogP contribution in [-0.4, -0.2) is 43.4 Å². The molecule has 0 saturated heterocycles. The summed E-state index contributed by atoms with van der Waals surface area (Å²) in [6.45, 7) is 1.83. The highest BCUT2D eigenvalue weighted by Gasteiger charge is 2.15. The fourth-order valence-corrected chi connectivity index (χ4v) is 2.60. The van der Waals surface area contributed by atoms with Crippen LogP contribution in [0.3, 0.4) is 0 Å². The van der Waals surface area contributed by atoms with Gasteiger partial charge in [-0.15, -0.1) is 0 Å². The summed E-state index contributed by atoms with van der Waals surface area (Å²) in [5, 5.41) is 3.68. The summed E-state index contributed by atoms with van der Waals surface area (Å²) in [6, 6.07) is 17.2. The number of nitrogens with zero attached hydrogens (tertiary/aromatic N) is 1. The number of nitrogens with one attached hydrogen (secondary N) is 1. The van der Waals surface area contributed by atoms with E-state index in [1.165, 1.54) is 7.11 Å². The average molecular weight is 358 g/mol. The standard InChI is InChI=1S/C19H22N2O3S/c1-23-13-12-21(14-15-8-4-3-5-9-15)19(25)20-17-11-7-6-10-16(17)18(22)24-2/h3-11H,12-14H2,1-2H3,(H,20,25). The summed E-state index contributed by atoms with van der Waals surface area (Å²) in [5.41, 5.74) is 2.21. The minimum atomic E-state index is -0.405. The number of esters is 1. The summed E-state index contributed by atoms with van der Waals surface area (Å²) in [7, 11) is 3.02. The highest BCUT2D eigenvalue weighted by Crippen LogP contribution is 2.17. The summed E-state index contributed by atoms with van der Waals surface area (Å²) in [5.74, 6) is -0.405. The minimum Gasteiger partial charge on any atom is -0.465 e. The van der Waals surface area contributed by atoms with Crippen molar-refractivity contribution in [3.05, 3.63) is 65.7 Å². The third-order valence-electron chi connectivity index (χ3n) is 3.64. The molecule has 6 heteroatoms. The van der Waals surface area contributed by atoms with Crippen LogP contribution in [0.1, 0.15) is 15.9 Å². The first kappa shape index (κ1) is 18.9. The number of benzene rings is 2. The van der Waals surface area contributed by atoms with Crippen molar-refractivity contribution in [3.8, 4) is 0 Å². The Morgan fingerprint density at radius 2 is 1.76 bits per heavy atom. The second-order valence-electron chi connectivity index (χ2n) is 5.37. The van der Waals surface area contributed by atoms with Crippen molar-refractivity contribution in [1.82, 2.24) is 4.90 Å². The molecule has 0 fully saturated rings. The van der Waals surface area contributed by atoms with Crippen LogP contribution in [0.5, 0.6) is 0 Å². The van der Waals surface area contributed by atoms with E-state index < -0.39 is 5.97 Å². The lowest BCUT2D eigenvalue weighted by atomic mass is 10.2. The minimum absolute atomic E-state index is 0.405. The highest BCUT2D eigenvalue weighted by atomic mass is 32.1. The maximum atomic E-state index is 11.9. The second-order valence-corrected chi connectivity index (χ2v) is 5.75. The van der Waals surface area contributed by atoms with Crippen molar-refractivity contribution < 1.29 is 14.3 Å². The van der Waals surface area contributed by atoms with E-state index in [1.54, 1.807) is 25.3 Å². The van der Waals surface area contributed by atoms with Crippen molar-refractivity contribution in [1.29, 1.82) is 0 Å². The topological polar surface area (TPSA) is 50.8 Å². The van der Waals surface area contributed by atoms with Gasteiger partial charge >= 0.3 is 5.97 Å². The summed E-state index contributed by atoms with van der Waals surface area (Å²) < 4.78 is 10.0. The molecule has 0 aliphatic carbocycles. The normalized spacial score (nSPS) is 10.2. The molecule has 0 atom stereocenters. The molecule has 0 saturated carbocycles. The molecular weight excluding hydrogens is 336 g/mol. The van der Waals surface area contributed by atoms with Gasteiger partial charge in [0, 0.05) is 20.2 Å². The molecule has 0 radical (unpaired) electrons. The number of thiocarbonyl (C=S) groups is 1. The molecule has 0 aliphatic heterocycles. The number of rotatable bonds is 7. The number of hydrogen-bond donors (Lipinski definition) is 1. The van der Waals surface area contributed by atoms with Crippen LogP contribution in [0.15, 0.2) is 54.6 Å². The van der Waals surface area contributed by atoms with Crippen molar-refractivity contribution >= 4 is 29.0 Å². The van der Waals surface area contributed by atoms with E-state index in [0.717, 1.165) is 5.56 Å². The van der Waals surface area contributed by atoms with E-state index in [0.29, 0.717) is 36.1 Å². The lowest BCUT2D eigenvalue weighted by Crippen LogP contribution is -2.37. The Morgan fingerprint density at radius 1 is 1.08 bits per heavy atom. The van der Waals surface area contributed by atoms with Crippen LogP contribution in [-0.2, 0) is 16.0 Å². The molecule has 132 valence electrons. The number of anilines is 1. The van der Waals surface area contributed by atoms with Gasteiger partial charge in [-0.1, -0.05) is 42.5 Å². The molecule has 0 heterocycles. The molecule has 0 aliphatic rings. The van der Waals surface area contributed by atoms with E-state index >= 15 is 0 Å². The Labute approximate surface area is 153 Å². The summed E-state index contributed by atoms with van der Waals surface area (Å²) >= 11 is 5.56. The number of para-hydroxylation sites is 1. The van der Waals surface area contributed by atoms with Crippen LogP contribution in [0.2, 0.25) is 0 Å². The number of methoxy groups -OCH3 is 2. The zero-order valence-electron chi connectivity index (χ0n) is 14.4. The van der Waals surface area contributed by atoms with Gasteiger partial charge in [0.15, 0.2) is 5.11 Å². The van der Waals surface area contributed by atoms with Crippen molar-refractivity contribution in [3.63, 3.8) is 0 Å². The molecule has 1 N–H and O–H groups in total. The molecule has 2 aromatic rings. The summed E-state index contributed by atoms with van der Waals surface area (Å²) in [6.07, 6.45) is 0. The molecule has 25 heavy (non-hydrogen) atoms. The Morgan fingerprint density at radius 3 is 2.44 bits per heavy atom. The van der Waals surface area contributed by atoms with E-state index in [-0.39, 0.29) is 0 Å². The van der Waals surface area contributed by atoms with Crippen molar-refractivity contribution in [2.45, 2.75) is 6.54 Å². The maximum absolute atomic E-state index is 11.9. The van der Waals surface area contributed by atoms with Gasteiger partial charge in [0.25, 0.3) is 0 Å². The van der Waals surface area contributed by atoms with Gasteiger partial charge in [-0.2, -0.15) is 0 Å². The van der Waals surface area contributed by atoms with Crippen molar-refractivity contribution in [2.75, 3.05) is 32.7 Å². The van der Waals surface area contributed by atoms with E-state index in [4.69, 9.17) is 21.7 Å². The Hall–Kier alpha value is -2.44. The largest absolute Gasteiger partial charge is 0.465 e. The molecule has 0 aromatic heterocycles. The Balaban J connectivity index is 2.15. The van der Waals surface area contributed by atoms with E-state index in [9.17, 15) is 4.79 Å². The van der Waals surface area contributed by atoms with Gasteiger partial charge in [-0.3, -0.25) is 0 Å². The van der Waals surface area contributed by atoms with E-state index in [1.807, 2.05) is 41.3 Å². The fourth-order valence-electron chi connectivity index (χ4n) is 2.33. The smallest absolute Gasteiger partial charge is 0.339 e. The molecule has 5 nitrogen and oxygen atoms in total. The average Bonchev–Trinajstić information content (AvgIpc) is 2.65. The van der Waals surface area contributed by atoms with Gasteiger partial charge in [0.05, 0.1) is 25.0 Å². The number of ether oxygens (including phenoxy) is 2. The fraction of sp³-hybridized carbons (Fsp3) is 0.263. The monoisotopic (exact) mass is 358 g/mol. The van der Waals surface area contributed by atoms with Gasteiger partial charge in [0.2, 0.25) is 0 Å². The maximum Gasteiger partial charge on any atom is 0.339 e. The van der Waals surface area contributed by atoms with Gasteiger partial charge in [-0.25, -0.2) is 4.79 Å². The molecule has 2 rings (SSSR count). The van der Waals surface area contributed by atoms with Crippen LogP contribution >= 0.6 is 12.2 Å². The highest BCUT2D eigenvalue weighted by molar-refractivity contribution is 7.80. The lowest BCUT2D eigenvalue weighted by molar-refractivity contribution is 0.0602. The number of carbonyl (C=O) groups is 1. The van der Waals surface area contributed by atoms with Gasteiger partial charge in [-0.05, 0) is 29.9 Å². The van der Waals surface area contributed by atoms with Gasteiger partial charge in [0.1, 0.15) is 0 Å². The van der Waals surface area contributed by atoms with Crippen LogP contribution in [0.25, 0.3) is 0 Å². The SMILES string of the molecule is COCCN(Cc1ccccc1)C(=S)Nc1ccccc1C(=O)OC. The third-order valence-corrected chi connectivity index (χ3v) is 4.00. The zero-order chi connectivity index (χ0) is 18.1. The molecule has 0 unspecified atom stereocenters. The Bertz CT molecular complexity index is 707. The summed E-state index contributed by atoms with van der Waals surface area (Å²) in [4.78, 5) is 13.9.